The number of aromatic nitrogens is 1. The molecule has 1 aromatic carbocycles. The highest BCUT2D eigenvalue weighted by Gasteiger charge is 2.49. The number of allylic oxidation sites excluding steroid dienone is 3. The molecule has 2 fully saturated rings. The molecular formula is C28H36N4O3S. The molecule has 3 atom stereocenters. The van der Waals surface area contributed by atoms with E-state index in [9.17, 15) is 9.90 Å². The Kier molecular flexibility index (Phi) is 7.05. The van der Waals surface area contributed by atoms with Crippen molar-refractivity contribution in [2.45, 2.75) is 44.8 Å². The van der Waals surface area contributed by atoms with Gasteiger partial charge in [-0.05, 0) is 44.2 Å². The molecule has 2 heterocycles. The highest BCUT2D eigenvalue weighted by molar-refractivity contribution is 7.19. The molecule has 7 nitrogen and oxygen atoms in total. The molecule has 0 radical (unpaired) electrons. The van der Waals surface area contributed by atoms with Crippen molar-refractivity contribution in [3.8, 4) is 10.4 Å². The average molecular weight is 509 g/mol. The van der Waals surface area contributed by atoms with Gasteiger partial charge in [-0.3, -0.25) is 9.69 Å². The summed E-state index contributed by atoms with van der Waals surface area (Å²) in [6.45, 7) is 7.73. The second kappa shape index (κ2) is 10.1. The van der Waals surface area contributed by atoms with Gasteiger partial charge in [0.2, 0.25) is 0 Å². The molecule has 2 aromatic rings. The highest BCUT2D eigenvalue weighted by atomic mass is 32.1. The van der Waals surface area contributed by atoms with E-state index in [1.165, 1.54) is 0 Å². The summed E-state index contributed by atoms with van der Waals surface area (Å²) < 4.78 is 5.11. The monoisotopic (exact) mass is 508 g/mol. The summed E-state index contributed by atoms with van der Waals surface area (Å²) in [7, 11) is 0. The van der Waals surface area contributed by atoms with Crippen LogP contribution in [0, 0.1) is 5.41 Å². The summed E-state index contributed by atoms with van der Waals surface area (Å²) in [6.07, 6.45) is 8.75. The van der Waals surface area contributed by atoms with Gasteiger partial charge in [0.15, 0.2) is 5.13 Å². The molecule has 36 heavy (non-hydrogen) atoms. The van der Waals surface area contributed by atoms with Crippen LogP contribution < -0.4 is 10.6 Å². The number of hydrogen-bond acceptors (Lipinski definition) is 8. The fourth-order valence-electron chi connectivity index (χ4n) is 5.77. The summed E-state index contributed by atoms with van der Waals surface area (Å²) in [5.41, 5.74) is 8.86. The standard InChI is InChI=1S/C28H36N4O3S/c1-3-35-23(33)18-31-13-15-32(16-14-31)26-30-24(25(36-26)21-7-5-4-6-8-21)20-9-11-28(12-10-20)19-27(2,34)17-22(28)29/h4-11,22,34H,3,12-19,29H2,1-2H3. The first-order valence-electron chi connectivity index (χ1n) is 12.9. The minimum absolute atomic E-state index is 0.0490. The predicted molar refractivity (Wildman–Crippen MR) is 145 cm³/mol. The quantitative estimate of drug-likeness (QED) is 0.575. The molecule has 1 saturated heterocycles. The molecule has 8 heteroatoms. The van der Waals surface area contributed by atoms with E-state index < -0.39 is 5.60 Å². The Morgan fingerprint density at radius 1 is 1.25 bits per heavy atom. The number of rotatable bonds is 6. The number of thiazole rings is 1. The Morgan fingerprint density at radius 2 is 2.00 bits per heavy atom. The van der Waals surface area contributed by atoms with E-state index in [1.54, 1.807) is 11.3 Å². The maximum Gasteiger partial charge on any atom is 0.320 e. The molecule has 1 aromatic heterocycles. The SMILES string of the molecule is CCOC(=O)CN1CCN(c2nc(C3=CCC4(C=C3)CC(C)(O)CC4N)c(-c3ccccc3)s2)CC1. The Hall–Kier alpha value is -2.52. The first-order valence-corrected chi connectivity index (χ1v) is 13.7. The summed E-state index contributed by atoms with van der Waals surface area (Å²) in [5, 5.41) is 11.6. The Bertz CT molecular complexity index is 1150. The van der Waals surface area contributed by atoms with Gasteiger partial charge in [0.05, 0.1) is 29.3 Å². The van der Waals surface area contributed by atoms with Gasteiger partial charge in [-0.1, -0.05) is 59.9 Å². The van der Waals surface area contributed by atoms with Crippen molar-refractivity contribution in [2.75, 3.05) is 44.2 Å². The van der Waals surface area contributed by atoms with Crippen molar-refractivity contribution >= 4 is 28.0 Å². The molecule has 3 aliphatic rings. The number of anilines is 1. The lowest BCUT2D eigenvalue weighted by molar-refractivity contribution is -0.144. The van der Waals surface area contributed by atoms with Crippen molar-refractivity contribution in [1.82, 2.24) is 9.88 Å². The van der Waals surface area contributed by atoms with Crippen molar-refractivity contribution in [2.24, 2.45) is 11.1 Å². The number of carbonyl (C=O) groups excluding carboxylic acids is 1. The summed E-state index contributed by atoms with van der Waals surface area (Å²) in [4.78, 5) is 22.6. The first kappa shape index (κ1) is 25.1. The molecule has 3 unspecified atom stereocenters. The van der Waals surface area contributed by atoms with E-state index in [4.69, 9.17) is 15.5 Å². The van der Waals surface area contributed by atoms with Crippen LogP contribution in [0.15, 0.2) is 48.6 Å². The zero-order chi connectivity index (χ0) is 25.3. The van der Waals surface area contributed by atoms with Crippen molar-refractivity contribution in [1.29, 1.82) is 0 Å². The lowest BCUT2D eigenvalue weighted by Crippen LogP contribution is -2.48. The molecule has 1 spiro atoms. The van der Waals surface area contributed by atoms with Gasteiger partial charge in [0.1, 0.15) is 0 Å². The molecule has 1 saturated carbocycles. The third-order valence-electron chi connectivity index (χ3n) is 7.63. The average Bonchev–Trinajstić information content (AvgIpc) is 3.39. The van der Waals surface area contributed by atoms with Crippen molar-refractivity contribution in [3.05, 3.63) is 54.3 Å². The van der Waals surface area contributed by atoms with E-state index in [2.05, 4.69) is 52.3 Å². The number of carbonyl (C=O) groups is 1. The third kappa shape index (κ3) is 5.13. The lowest BCUT2D eigenvalue weighted by Gasteiger charge is -2.33. The van der Waals surface area contributed by atoms with Crippen LogP contribution in [0.2, 0.25) is 0 Å². The maximum atomic E-state index is 11.9. The minimum atomic E-state index is -0.715. The summed E-state index contributed by atoms with van der Waals surface area (Å²) in [6, 6.07) is 10.4. The Morgan fingerprint density at radius 3 is 2.61 bits per heavy atom. The zero-order valence-corrected chi connectivity index (χ0v) is 22.0. The van der Waals surface area contributed by atoms with E-state index in [1.807, 2.05) is 19.9 Å². The second-order valence-electron chi connectivity index (χ2n) is 10.5. The van der Waals surface area contributed by atoms with Crippen LogP contribution in [0.5, 0.6) is 0 Å². The number of piperazine rings is 1. The molecular weight excluding hydrogens is 472 g/mol. The topological polar surface area (TPSA) is 91.9 Å². The van der Waals surface area contributed by atoms with Crippen LogP contribution in [0.4, 0.5) is 5.13 Å². The number of ether oxygens (including phenoxy) is 1. The Labute approximate surface area is 217 Å². The van der Waals surface area contributed by atoms with Gasteiger partial charge < -0.3 is 20.5 Å². The predicted octanol–water partition coefficient (Wildman–Crippen LogP) is 3.70. The molecule has 3 N–H and O–H groups in total. The van der Waals surface area contributed by atoms with Crippen LogP contribution in [-0.2, 0) is 9.53 Å². The van der Waals surface area contributed by atoms with Crippen molar-refractivity contribution in [3.63, 3.8) is 0 Å². The van der Waals surface area contributed by atoms with Gasteiger partial charge in [-0.2, -0.15) is 0 Å². The van der Waals surface area contributed by atoms with E-state index >= 15 is 0 Å². The van der Waals surface area contributed by atoms with Crippen LogP contribution >= 0.6 is 11.3 Å². The maximum absolute atomic E-state index is 11.9. The van der Waals surface area contributed by atoms with Crippen LogP contribution in [0.25, 0.3) is 16.0 Å². The van der Waals surface area contributed by atoms with Crippen LogP contribution in [0.1, 0.15) is 38.8 Å². The highest BCUT2D eigenvalue weighted by Crippen LogP contribution is 2.50. The molecule has 1 aliphatic heterocycles. The fraction of sp³-hybridized carbons (Fsp3) is 0.500. The molecule has 192 valence electrons. The number of hydrogen-bond donors (Lipinski definition) is 2. The van der Waals surface area contributed by atoms with Crippen LogP contribution in [0.3, 0.4) is 0 Å². The number of benzene rings is 1. The number of nitrogens with zero attached hydrogens (tertiary/aromatic N) is 3. The van der Waals surface area contributed by atoms with Crippen molar-refractivity contribution < 1.29 is 14.6 Å². The number of aliphatic hydroxyl groups is 1. The zero-order valence-electron chi connectivity index (χ0n) is 21.2. The van der Waals surface area contributed by atoms with E-state index in [0.29, 0.717) is 26.0 Å². The smallest absolute Gasteiger partial charge is 0.320 e. The summed E-state index contributed by atoms with van der Waals surface area (Å²) >= 11 is 1.73. The third-order valence-corrected chi connectivity index (χ3v) is 8.80. The lowest BCUT2D eigenvalue weighted by atomic mass is 9.75. The Balaban J connectivity index is 1.37. The van der Waals surface area contributed by atoms with Gasteiger partial charge in [-0.15, -0.1) is 0 Å². The minimum Gasteiger partial charge on any atom is -0.465 e. The number of nitrogens with two attached hydrogens (primary N) is 1. The fourth-order valence-corrected chi connectivity index (χ4v) is 6.92. The number of esters is 1. The summed E-state index contributed by atoms with van der Waals surface area (Å²) in [5.74, 6) is -0.161. The first-order chi connectivity index (χ1) is 17.3. The van der Waals surface area contributed by atoms with Gasteiger partial charge in [0, 0.05) is 37.6 Å². The second-order valence-corrected chi connectivity index (χ2v) is 11.5. The van der Waals surface area contributed by atoms with Crippen LogP contribution in [-0.4, -0.2) is 71.9 Å². The van der Waals surface area contributed by atoms with Gasteiger partial charge >= 0.3 is 5.97 Å². The molecule has 5 rings (SSSR count). The van der Waals surface area contributed by atoms with E-state index in [0.717, 1.165) is 59.4 Å². The molecule has 2 aliphatic carbocycles. The molecule has 0 amide bonds. The van der Waals surface area contributed by atoms with E-state index in [-0.39, 0.29) is 17.4 Å². The largest absolute Gasteiger partial charge is 0.465 e. The van der Waals surface area contributed by atoms with Gasteiger partial charge in [0.25, 0.3) is 0 Å². The van der Waals surface area contributed by atoms with Gasteiger partial charge in [-0.25, -0.2) is 4.98 Å². The normalized spacial score (nSPS) is 28.5. The molecule has 0 bridgehead atoms.